The Kier molecular flexibility index (Phi) is 4.84. The Morgan fingerprint density at radius 3 is 2.43 bits per heavy atom. The molecule has 1 saturated carbocycles. The molecule has 1 saturated heterocycles. The van der Waals surface area contributed by atoms with E-state index in [0.717, 1.165) is 24.9 Å². The number of carbonyl (C=O) groups is 2. The number of nitrogens with one attached hydrogen (secondary N) is 1. The molecule has 124 valence electrons. The van der Waals surface area contributed by atoms with Crippen LogP contribution in [0.5, 0.6) is 0 Å². The molecule has 1 heterocycles. The van der Waals surface area contributed by atoms with E-state index in [0.29, 0.717) is 18.5 Å². The van der Waals surface area contributed by atoms with Crippen LogP contribution in [0.1, 0.15) is 54.4 Å². The number of amides is 2. The van der Waals surface area contributed by atoms with Crippen LogP contribution in [0.15, 0.2) is 24.3 Å². The number of aromatic carboxylic acids is 1. The van der Waals surface area contributed by atoms with Crippen LogP contribution in [0.4, 0.5) is 4.79 Å². The maximum absolute atomic E-state index is 12.5. The van der Waals surface area contributed by atoms with E-state index < -0.39 is 5.97 Å². The Hall–Kier alpha value is -2.04. The number of benzene rings is 1. The van der Waals surface area contributed by atoms with Gasteiger partial charge in [0.05, 0.1) is 5.56 Å². The minimum atomic E-state index is -0.933. The van der Waals surface area contributed by atoms with E-state index >= 15 is 0 Å². The molecule has 3 rings (SSSR count). The van der Waals surface area contributed by atoms with Crippen molar-refractivity contribution < 1.29 is 14.7 Å². The van der Waals surface area contributed by atoms with Crippen molar-refractivity contribution in [1.82, 2.24) is 10.2 Å². The van der Waals surface area contributed by atoms with E-state index in [4.69, 9.17) is 5.11 Å². The first kappa shape index (κ1) is 15.8. The Balaban J connectivity index is 1.55. The summed E-state index contributed by atoms with van der Waals surface area (Å²) in [4.78, 5) is 25.3. The van der Waals surface area contributed by atoms with Crippen LogP contribution in [0.3, 0.4) is 0 Å². The van der Waals surface area contributed by atoms with Crippen LogP contribution in [0.2, 0.25) is 0 Å². The molecule has 2 aliphatic rings. The highest BCUT2D eigenvalue weighted by Crippen LogP contribution is 2.35. The lowest BCUT2D eigenvalue weighted by molar-refractivity contribution is 0.0697. The molecule has 0 spiro atoms. The molecule has 1 unspecified atom stereocenters. The second-order valence-electron chi connectivity index (χ2n) is 6.61. The summed E-state index contributed by atoms with van der Waals surface area (Å²) in [5, 5.41) is 11.9. The third-order valence-electron chi connectivity index (χ3n) is 5.15. The van der Waals surface area contributed by atoms with Crippen LogP contribution in [0, 0.1) is 5.92 Å². The van der Waals surface area contributed by atoms with E-state index in [1.807, 2.05) is 4.90 Å². The molecule has 5 heteroatoms. The highest BCUT2D eigenvalue weighted by molar-refractivity contribution is 5.87. The van der Waals surface area contributed by atoms with Gasteiger partial charge in [-0.05, 0) is 49.3 Å². The van der Waals surface area contributed by atoms with Crippen LogP contribution in [0.25, 0.3) is 0 Å². The number of hydrogen-bond donors (Lipinski definition) is 2. The van der Waals surface area contributed by atoms with Crippen molar-refractivity contribution in [3.05, 3.63) is 35.4 Å². The van der Waals surface area contributed by atoms with E-state index in [9.17, 15) is 9.59 Å². The molecule has 1 atom stereocenters. The molecule has 2 N–H and O–H groups in total. The third-order valence-corrected chi connectivity index (χ3v) is 5.15. The fourth-order valence-corrected chi connectivity index (χ4v) is 3.92. The summed E-state index contributed by atoms with van der Waals surface area (Å²) >= 11 is 0. The predicted molar refractivity (Wildman–Crippen MR) is 87.3 cm³/mol. The fraction of sp³-hybridized carbons (Fsp3) is 0.556. The van der Waals surface area contributed by atoms with E-state index in [1.54, 1.807) is 24.3 Å². The molecular weight excluding hydrogens is 292 g/mol. The van der Waals surface area contributed by atoms with Crippen molar-refractivity contribution >= 4 is 12.0 Å². The van der Waals surface area contributed by atoms with Crippen molar-refractivity contribution in [2.75, 3.05) is 6.54 Å². The number of nitrogens with zero attached hydrogens (tertiary/aromatic N) is 1. The monoisotopic (exact) mass is 316 g/mol. The largest absolute Gasteiger partial charge is 0.478 e. The van der Waals surface area contributed by atoms with Gasteiger partial charge >= 0.3 is 12.0 Å². The Bertz CT molecular complexity index is 564. The molecule has 0 aromatic heterocycles. The molecule has 1 aliphatic carbocycles. The van der Waals surface area contributed by atoms with Gasteiger partial charge in [-0.2, -0.15) is 0 Å². The minimum Gasteiger partial charge on any atom is -0.478 e. The second kappa shape index (κ2) is 7.02. The number of carboxylic acid groups (broad SMARTS) is 1. The van der Waals surface area contributed by atoms with Gasteiger partial charge in [-0.15, -0.1) is 0 Å². The fourth-order valence-electron chi connectivity index (χ4n) is 3.92. The zero-order chi connectivity index (χ0) is 16.2. The van der Waals surface area contributed by atoms with E-state index in [2.05, 4.69) is 5.32 Å². The number of carboxylic acids is 1. The van der Waals surface area contributed by atoms with Crippen LogP contribution in [-0.4, -0.2) is 34.6 Å². The lowest BCUT2D eigenvalue weighted by Gasteiger charge is -2.29. The smallest absolute Gasteiger partial charge is 0.335 e. The molecule has 0 radical (unpaired) electrons. The summed E-state index contributed by atoms with van der Waals surface area (Å²) in [6.45, 7) is 1.29. The van der Waals surface area contributed by atoms with Gasteiger partial charge in [-0.3, -0.25) is 0 Å². The number of carbonyl (C=O) groups excluding carboxylic acids is 1. The lowest BCUT2D eigenvalue weighted by Crippen LogP contribution is -2.45. The zero-order valence-corrected chi connectivity index (χ0v) is 13.3. The molecule has 2 amide bonds. The van der Waals surface area contributed by atoms with Crippen molar-refractivity contribution in [2.24, 2.45) is 5.92 Å². The van der Waals surface area contributed by atoms with Gasteiger partial charge in [0.2, 0.25) is 0 Å². The maximum atomic E-state index is 12.5. The maximum Gasteiger partial charge on any atom is 0.335 e. The molecule has 5 nitrogen and oxygen atoms in total. The SMILES string of the molecule is O=C(O)c1ccc(CNC(=O)N2CCCC2C2CCCC2)cc1. The average Bonchev–Trinajstić information content (AvgIpc) is 3.23. The first-order valence-corrected chi connectivity index (χ1v) is 8.52. The van der Waals surface area contributed by atoms with Gasteiger partial charge in [0.15, 0.2) is 0 Å². The topological polar surface area (TPSA) is 69.6 Å². The van der Waals surface area contributed by atoms with Gasteiger partial charge < -0.3 is 15.3 Å². The first-order valence-electron chi connectivity index (χ1n) is 8.52. The van der Waals surface area contributed by atoms with Gasteiger partial charge in [-0.1, -0.05) is 25.0 Å². The van der Waals surface area contributed by atoms with Crippen LogP contribution >= 0.6 is 0 Å². The van der Waals surface area contributed by atoms with E-state index in [1.165, 1.54) is 25.7 Å². The third kappa shape index (κ3) is 3.66. The highest BCUT2D eigenvalue weighted by atomic mass is 16.4. The summed E-state index contributed by atoms with van der Waals surface area (Å²) in [7, 11) is 0. The summed E-state index contributed by atoms with van der Waals surface area (Å²) in [6.07, 6.45) is 7.34. The van der Waals surface area contributed by atoms with Crippen molar-refractivity contribution in [3.8, 4) is 0 Å². The van der Waals surface area contributed by atoms with Gasteiger partial charge in [0.25, 0.3) is 0 Å². The van der Waals surface area contributed by atoms with Gasteiger partial charge in [-0.25, -0.2) is 9.59 Å². The van der Waals surface area contributed by atoms with Gasteiger partial charge in [0, 0.05) is 19.1 Å². The van der Waals surface area contributed by atoms with Crippen molar-refractivity contribution in [3.63, 3.8) is 0 Å². The predicted octanol–water partition coefficient (Wildman–Crippen LogP) is 3.25. The van der Waals surface area contributed by atoms with Gasteiger partial charge in [0.1, 0.15) is 0 Å². The summed E-state index contributed by atoms with van der Waals surface area (Å²) in [6, 6.07) is 7.07. The summed E-state index contributed by atoms with van der Waals surface area (Å²) in [5.74, 6) is -0.254. The highest BCUT2D eigenvalue weighted by Gasteiger charge is 2.35. The van der Waals surface area contributed by atoms with Crippen molar-refractivity contribution in [2.45, 2.75) is 51.1 Å². The molecule has 1 aromatic rings. The quantitative estimate of drug-likeness (QED) is 0.896. The Morgan fingerprint density at radius 2 is 1.78 bits per heavy atom. The molecular formula is C18H24N2O3. The number of rotatable bonds is 4. The van der Waals surface area contributed by atoms with Crippen LogP contribution < -0.4 is 5.32 Å². The molecule has 1 aliphatic heterocycles. The first-order chi connectivity index (χ1) is 11.1. The molecule has 0 bridgehead atoms. The number of hydrogen-bond acceptors (Lipinski definition) is 2. The summed E-state index contributed by atoms with van der Waals surface area (Å²) < 4.78 is 0. The molecule has 1 aromatic carbocycles. The molecule has 2 fully saturated rings. The van der Waals surface area contributed by atoms with E-state index in [-0.39, 0.29) is 11.6 Å². The minimum absolute atomic E-state index is 0.0155. The average molecular weight is 316 g/mol. The normalized spacial score (nSPS) is 21.6. The number of likely N-dealkylation sites (tertiary alicyclic amines) is 1. The Morgan fingerprint density at radius 1 is 1.09 bits per heavy atom. The lowest BCUT2D eigenvalue weighted by atomic mass is 9.96. The van der Waals surface area contributed by atoms with Crippen LogP contribution in [-0.2, 0) is 6.54 Å². The zero-order valence-electron chi connectivity index (χ0n) is 13.3. The molecule has 23 heavy (non-hydrogen) atoms. The van der Waals surface area contributed by atoms with Crippen molar-refractivity contribution in [1.29, 1.82) is 0 Å². The Labute approximate surface area is 136 Å². The standard InChI is InChI=1S/C18H24N2O3/c21-17(22)15-9-7-13(8-10-15)12-19-18(23)20-11-3-6-16(20)14-4-1-2-5-14/h7-10,14,16H,1-6,11-12H2,(H,19,23)(H,21,22). The summed E-state index contributed by atoms with van der Waals surface area (Å²) in [5.41, 5.74) is 1.18. The second-order valence-corrected chi connectivity index (χ2v) is 6.61. The number of urea groups is 1.